The van der Waals surface area contributed by atoms with Gasteiger partial charge in [-0.05, 0) is 41.7 Å². The van der Waals surface area contributed by atoms with Gasteiger partial charge in [-0.3, -0.25) is 9.59 Å². The SMILES string of the molecule is CCC(C)C(NC(=O)c1cccc(F)c1)C(=O)N(CCc1ccccc1)Cc1ccccc1. The van der Waals surface area contributed by atoms with Gasteiger partial charge in [0, 0.05) is 18.7 Å². The molecule has 2 atom stereocenters. The van der Waals surface area contributed by atoms with Crippen LogP contribution in [0.4, 0.5) is 4.39 Å². The molecule has 2 amide bonds. The zero-order valence-corrected chi connectivity index (χ0v) is 19.2. The molecule has 0 radical (unpaired) electrons. The van der Waals surface area contributed by atoms with E-state index in [1.54, 1.807) is 6.07 Å². The fraction of sp³-hybridized carbons (Fsp3) is 0.286. The summed E-state index contributed by atoms with van der Waals surface area (Å²) in [5.74, 6) is -1.14. The number of nitrogens with zero attached hydrogens (tertiary/aromatic N) is 1. The Hall–Kier alpha value is -3.47. The third-order valence-electron chi connectivity index (χ3n) is 5.89. The Kier molecular flexibility index (Phi) is 8.76. The van der Waals surface area contributed by atoms with Crippen LogP contribution in [0.5, 0.6) is 0 Å². The Bertz CT molecular complexity index is 1040. The van der Waals surface area contributed by atoms with Crippen LogP contribution < -0.4 is 5.32 Å². The van der Waals surface area contributed by atoms with Crippen molar-refractivity contribution in [1.82, 2.24) is 10.2 Å². The summed E-state index contributed by atoms with van der Waals surface area (Å²) in [6, 6.07) is 24.7. The van der Waals surface area contributed by atoms with Crippen LogP contribution in [-0.2, 0) is 17.8 Å². The number of amides is 2. The summed E-state index contributed by atoms with van der Waals surface area (Å²) in [4.78, 5) is 28.4. The van der Waals surface area contributed by atoms with E-state index in [1.165, 1.54) is 18.2 Å². The van der Waals surface area contributed by atoms with Crippen LogP contribution >= 0.6 is 0 Å². The van der Waals surface area contributed by atoms with E-state index in [1.807, 2.05) is 79.4 Å². The van der Waals surface area contributed by atoms with Crippen molar-refractivity contribution in [3.8, 4) is 0 Å². The van der Waals surface area contributed by atoms with Gasteiger partial charge in [0.05, 0.1) is 0 Å². The van der Waals surface area contributed by atoms with Crippen molar-refractivity contribution in [3.05, 3.63) is 107 Å². The topological polar surface area (TPSA) is 49.4 Å². The first-order chi connectivity index (χ1) is 16.0. The summed E-state index contributed by atoms with van der Waals surface area (Å²) in [6.45, 7) is 4.92. The van der Waals surface area contributed by atoms with E-state index in [-0.39, 0.29) is 17.4 Å². The zero-order valence-electron chi connectivity index (χ0n) is 19.2. The lowest BCUT2D eigenvalue weighted by atomic mass is 9.96. The molecular formula is C28H31FN2O2. The molecule has 0 heterocycles. The van der Waals surface area contributed by atoms with E-state index in [0.717, 1.165) is 17.5 Å². The number of hydrogen-bond acceptors (Lipinski definition) is 2. The third-order valence-corrected chi connectivity index (χ3v) is 5.89. The van der Waals surface area contributed by atoms with Gasteiger partial charge < -0.3 is 10.2 Å². The Balaban J connectivity index is 1.82. The molecule has 3 aromatic rings. The van der Waals surface area contributed by atoms with Crippen molar-refractivity contribution in [1.29, 1.82) is 0 Å². The first kappa shape index (κ1) is 24.2. The van der Waals surface area contributed by atoms with Crippen molar-refractivity contribution in [2.45, 2.75) is 39.3 Å². The van der Waals surface area contributed by atoms with Crippen molar-refractivity contribution in [2.24, 2.45) is 5.92 Å². The standard InChI is InChI=1S/C28H31FN2O2/c1-3-21(2)26(30-27(32)24-15-10-16-25(29)19-24)28(33)31(20-23-13-8-5-9-14-23)18-17-22-11-6-4-7-12-22/h4-16,19,21,26H,3,17-18,20H2,1-2H3,(H,30,32). The van der Waals surface area contributed by atoms with Crippen molar-refractivity contribution in [3.63, 3.8) is 0 Å². The second kappa shape index (κ2) is 12.0. The number of rotatable bonds is 10. The summed E-state index contributed by atoms with van der Waals surface area (Å²) in [6.07, 6.45) is 1.43. The Labute approximate surface area is 195 Å². The van der Waals surface area contributed by atoms with Crippen LogP contribution in [0.1, 0.15) is 41.8 Å². The monoisotopic (exact) mass is 446 g/mol. The highest BCUT2D eigenvalue weighted by molar-refractivity contribution is 5.97. The van der Waals surface area contributed by atoms with E-state index in [4.69, 9.17) is 0 Å². The molecule has 3 aromatic carbocycles. The average molecular weight is 447 g/mol. The second-order valence-electron chi connectivity index (χ2n) is 8.33. The van der Waals surface area contributed by atoms with Crippen LogP contribution in [0.25, 0.3) is 0 Å². The maximum Gasteiger partial charge on any atom is 0.252 e. The summed E-state index contributed by atoms with van der Waals surface area (Å²) in [5.41, 5.74) is 2.38. The van der Waals surface area contributed by atoms with Gasteiger partial charge in [0.25, 0.3) is 5.91 Å². The summed E-state index contributed by atoms with van der Waals surface area (Å²) >= 11 is 0. The summed E-state index contributed by atoms with van der Waals surface area (Å²) in [7, 11) is 0. The van der Waals surface area contributed by atoms with Crippen molar-refractivity contribution >= 4 is 11.8 Å². The molecule has 172 valence electrons. The van der Waals surface area contributed by atoms with E-state index >= 15 is 0 Å². The maximum absolute atomic E-state index is 13.7. The predicted octanol–water partition coefficient (Wildman–Crippen LogP) is 5.24. The smallest absolute Gasteiger partial charge is 0.252 e. The lowest BCUT2D eigenvalue weighted by Gasteiger charge is -2.31. The molecular weight excluding hydrogens is 415 g/mol. The van der Waals surface area contributed by atoms with Crippen molar-refractivity contribution < 1.29 is 14.0 Å². The highest BCUT2D eigenvalue weighted by Gasteiger charge is 2.30. The van der Waals surface area contributed by atoms with Gasteiger partial charge in [-0.15, -0.1) is 0 Å². The molecule has 0 aliphatic heterocycles. The van der Waals surface area contributed by atoms with Crippen LogP contribution in [0, 0.1) is 11.7 Å². The Morgan fingerprint density at radius 2 is 1.55 bits per heavy atom. The molecule has 2 unspecified atom stereocenters. The molecule has 1 N–H and O–H groups in total. The number of carbonyl (C=O) groups excluding carboxylic acids is 2. The predicted molar refractivity (Wildman–Crippen MR) is 129 cm³/mol. The lowest BCUT2D eigenvalue weighted by Crippen LogP contribution is -2.52. The first-order valence-corrected chi connectivity index (χ1v) is 11.4. The third kappa shape index (κ3) is 7.01. The number of hydrogen-bond donors (Lipinski definition) is 1. The molecule has 33 heavy (non-hydrogen) atoms. The highest BCUT2D eigenvalue weighted by atomic mass is 19.1. The van der Waals surface area contributed by atoms with E-state index in [9.17, 15) is 14.0 Å². The van der Waals surface area contributed by atoms with E-state index in [0.29, 0.717) is 19.5 Å². The molecule has 0 spiro atoms. The summed E-state index contributed by atoms with van der Waals surface area (Å²) < 4.78 is 13.6. The minimum absolute atomic E-state index is 0.0787. The number of nitrogens with one attached hydrogen (secondary N) is 1. The molecule has 0 saturated carbocycles. The number of carbonyl (C=O) groups is 2. The number of benzene rings is 3. The molecule has 0 bridgehead atoms. The van der Waals surface area contributed by atoms with Gasteiger partial charge >= 0.3 is 0 Å². The van der Waals surface area contributed by atoms with Gasteiger partial charge in [-0.2, -0.15) is 0 Å². The van der Waals surface area contributed by atoms with Crippen LogP contribution in [0.2, 0.25) is 0 Å². The van der Waals surface area contributed by atoms with Gasteiger partial charge in [0.15, 0.2) is 0 Å². The molecule has 0 fully saturated rings. The molecule has 4 nitrogen and oxygen atoms in total. The van der Waals surface area contributed by atoms with Crippen molar-refractivity contribution in [2.75, 3.05) is 6.54 Å². The van der Waals surface area contributed by atoms with E-state index in [2.05, 4.69) is 5.32 Å². The molecule has 0 aliphatic rings. The molecule has 5 heteroatoms. The van der Waals surface area contributed by atoms with Crippen LogP contribution in [-0.4, -0.2) is 29.3 Å². The van der Waals surface area contributed by atoms with Gasteiger partial charge in [-0.25, -0.2) is 4.39 Å². The van der Waals surface area contributed by atoms with Crippen LogP contribution in [0.3, 0.4) is 0 Å². The first-order valence-electron chi connectivity index (χ1n) is 11.4. The highest BCUT2D eigenvalue weighted by Crippen LogP contribution is 2.16. The quantitative estimate of drug-likeness (QED) is 0.463. The Morgan fingerprint density at radius 3 is 2.15 bits per heavy atom. The fourth-order valence-corrected chi connectivity index (χ4v) is 3.71. The molecule has 0 aromatic heterocycles. The van der Waals surface area contributed by atoms with E-state index < -0.39 is 17.8 Å². The molecule has 3 rings (SSSR count). The minimum Gasteiger partial charge on any atom is -0.340 e. The van der Waals surface area contributed by atoms with Crippen LogP contribution in [0.15, 0.2) is 84.9 Å². The maximum atomic E-state index is 13.7. The van der Waals surface area contributed by atoms with Gasteiger partial charge in [0.1, 0.15) is 11.9 Å². The lowest BCUT2D eigenvalue weighted by molar-refractivity contribution is -0.135. The van der Waals surface area contributed by atoms with Gasteiger partial charge in [0.2, 0.25) is 5.91 Å². The largest absolute Gasteiger partial charge is 0.340 e. The molecule has 0 aliphatic carbocycles. The zero-order chi connectivity index (χ0) is 23.6. The minimum atomic E-state index is -0.703. The normalized spacial score (nSPS) is 12.6. The average Bonchev–Trinajstić information content (AvgIpc) is 2.85. The Morgan fingerprint density at radius 1 is 0.909 bits per heavy atom. The molecule has 0 saturated heterocycles. The second-order valence-corrected chi connectivity index (χ2v) is 8.33. The fourth-order valence-electron chi connectivity index (χ4n) is 3.71. The number of halogens is 1. The summed E-state index contributed by atoms with van der Waals surface area (Å²) in [5, 5.41) is 2.88. The van der Waals surface area contributed by atoms with Gasteiger partial charge in [-0.1, -0.05) is 87.0 Å².